The van der Waals surface area contributed by atoms with Crippen molar-refractivity contribution in [1.82, 2.24) is 4.72 Å². The second-order valence-corrected chi connectivity index (χ2v) is 5.32. The van der Waals surface area contributed by atoms with Gasteiger partial charge in [-0.25, -0.2) is 17.9 Å². The minimum absolute atomic E-state index is 0.0499. The van der Waals surface area contributed by atoms with Gasteiger partial charge in [0, 0.05) is 0 Å². The molecule has 0 aromatic heterocycles. The third kappa shape index (κ3) is 5.35. The number of benzene rings is 1. The summed E-state index contributed by atoms with van der Waals surface area (Å²) in [6.45, 7) is 1.77. The highest BCUT2D eigenvalue weighted by Gasteiger charge is 2.13. The van der Waals surface area contributed by atoms with Crippen molar-refractivity contribution in [2.75, 3.05) is 5.75 Å². The number of carbonyl (C=O) groups excluding carboxylic acids is 1. The lowest BCUT2D eigenvalue weighted by atomic mass is 10.2. The number of hydrogen-bond acceptors (Lipinski definition) is 4. The highest BCUT2D eigenvalue weighted by atomic mass is 32.2. The van der Waals surface area contributed by atoms with Gasteiger partial charge in [-0.2, -0.15) is 0 Å². The quantitative estimate of drug-likeness (QED) is 0.870. The van der Waals surface area contributed by atoms with Crippen LogP contribution in [0.3, 0.4) is 0 Å². The van der Waals surface area contributed by atoms with Crippen molar-refractivity contribution in [2.24, 2.45) is 0 Å². The van der Waals surface area contributed by atoms with E-state index in [-0.39, 0.29) is 12.4 Å². The van der Waals surface area contributed by atoms with Gasteiger partial charge >= 0.3 is 6.09 Å². The van der Waals surface area contributed by atoms with Crippen molar-refractivity contribution in [1.29, 1.82) is 0 Å². The van der Waals surface area contributed by atoms with Gasteiger partial charge in [-0.15, -0.1) is 0 Å². The molecule has 1 aromatic rings. The molecular formula is C11H15NO4S. The van der Waals surface area contributed by atoms with E-state index in [9.17, 15) is 13.2 Å². The fourth-order valence-corrected chi connectivity index (χ4v) is 2.15. The van der Waals surface area contributed by atoms with Gasteiger partial charge < -0.3 is 4.74 Å². The minimum Gasteiger partial charge on any atom is -0.444 e. The standard InChI is InChI=1S/C11H15NO4S/c1-2-8-17(14,15)12-11(13)16-9-10-6-4-3-5-7-10/h3-7H,2,8-9H2,1H3,(H,12,13). The SMILES string of the molecule is CCCS(=O)(=O)NC(=O)OCc1ccccc1. The van der Waals surface area contributed by atoms with Crippen LogP contribution in [0.15, 0.2) is 30.3 Å². The molecule has 0 aliphatic carbocycles. The Morgan fingerprint density at radius 3 is 2.53 bits per heavy atom. The fraction of sp³-hybridized carbons (Fsp3) is 0.364. The highest BCUT2D eigenvalue weighted by molar-refractivity contribution is 7.90. The Kier molecular flexibility index (Phi) is 4.96. The molecule has 0 atom stereocenters. The zero-order chi connectivity index (χ0) is 12.7. The fourth-order valence-electron chi connectivity index (χ4n) is 1.20. The summed E-state index contributed by atoms with van der Waals surface area (Å²) < 4.78 is 29.1. The molecule has 0 fully saturated rings. The summed E-state index contributed by atoms with van der Waals surface area (Å²) in [5.41, 5.74) is 0.801. The molecular weight excluding hydrogens is 242 g/mol. The number of hydrogen-bond donors (Lipinski definition) is 1. The summed E-state index contributed by atoms with van der Waals surface area (Å²) in [4.78, 5) is 11.2. The monoisotopic (exact) mass is 257 g/mol. The van der Waals surface area contributed by atoms with Gasteiger partial charge in [0.15, 0.2) is 0 Å². The maximum Gasteiger partial charge on any atom is 0.421 e. The van der Waals surface area contributed by atoms with E-state index >= 15 is 0 Å². The summed E-state index contributed by atoms with van der Waals surface area (Å²) in [6.07, 6.45) is -0.497. The van der Waals surface area contributed by atoms with Gasteiger partial charge in [0.05, 0.1) is 5.75 Å². The topological polar surface area (TPSA) is 72.5 Å². The van der Waals surface area contributed by atoms with Crippen molar-refractivity contribution >= 4 is 16.1 Å². The first kappa shape index (κ1) is 13.5. The molecule has 0 radical (unpaired) electrons. The van der Waals surface area contributed by atoms with E-state index in [2.05, 4.69) is 0 Å². The third-order valence-electron chi connectivity index (χ3n) is 1.92. The van der Waals surface area contributed by atoms with E-state index in [0.29, 0.717) is 6.42 Å². The Balaban J connectivity index is 2.41. The van der Waals surface area contributed by atoms with Crippen LogP contribution >= 0.6 is 0 Å². The number of amides is 1. The molecule has 1 aromatic carbocycles. The molecule has 0 saturated carbocycles. The van der Waals surface area contributed by atoms with Gasteiger partial charge in [-0.3, -0.25) is 0 Å². The summed E-state index contributed by atoms with van der Waals surface area (Å²) >= 11 is 0. The number of carbonyl (C=O) groups is 1. The zero-order valence-corrected chi connectivity index (χ0v) is 10.4. The molecule has 0 heterocycles. The van der Waals surface area contributed by atoms with Gasteiger partial charge in [-0.1, -0.05) is 37.3 Å². The lowest BCUT2D eigenvalue weighted by Crippen LogP contribution is -2.32. The molecule has 1 rings (SSSR count). The molecule has 0 saturated heterocycles. The predicted octanol–water partition coefficient (Wildman–Crippen LogP) is 1.65. The Labute approximate surface area is 101 Å². The average Bonchev–Trinajstić information content (AvgIpc) is 2.27. The molecule has 0 spiro atoms. The second-order valence-electron chi connectivity index (χ2n) is 3.48. The zero-order valence-electron chi connectivity index (χ0n) is 9.55. The van der Waals surface area contributed by atoms with Crippen LogP contribution in [0.1, 0.15) is 18.9 Å². The third-order valence-corrected chi connectivity index (χ3v) is 3.35. The maximum atomic E-state index is 11.2. The summed E-state index contributed by atoms with van der Waals surface area (Å²) in [5, 5.41) is 0. The first-order chi connectivity index (χ1) is 8.03. The molecule has 1 amide bonds. The van der Waals surface area contributed by atoms with Crippen LogP contribution in [0.4, 0.5) is 4.79 Å². The Morgan fingerprint density at radius 2 is 1.94 bits per heavy atom. The predicted molar refractivity (Wildman–Crippen MR) is 63.8 cm³/mol. The van der Waals surface area contributed by atoms with Gasteiger partial charge in [0.1, 0.15) is 6.61 Å². The van der Waals surface area contributed by atoms with Crippen LogP contribution in [0, 0.1) is 0 Å². The van der Waals surface area contributed by atoms with E-state index in [0.717, 1.165) is 5.56 Å². The van der Waals surface area contributed by atoms with Gasteiger partial charge in [0.25, 0.3) is 0 Å². The smallest absolute Gasteiger partial charge is 0.421 e. The normalized spacial score (nSPS) is 10.9. The number of nitrogens with one attached hydrogen (secondary N) is 1. The molecule has 0 aliphatic rings. The lowest BCUT2D eigenvalue weighted by molar-refractivity contribution is 0.146. The lowest BCUT2D eigenvalue weighted by Gasteiger charge is -2.07. The minimum atomic E-state index is -3.56. The van der Waals surface area contributed by atoms with Crippen molar-refractivity contribution in [2.45, 2.75) is 20.0 Å². The molecule has 0 unspecified atom stereocenters. The Hall–Kier alpha value is -1.56. The van der Waals surface area contributed by atoms with Crippen LogP contribution in [-0.2, 0) is 21.4 Å². The second kappa shape index (κ2) is 6.24. The van der Waals surface area contributed by atoms with Crippen molar-refractivity contribution in [3.8, 4) is 0 Å². The summed E-state index contributed by atoms with van der Waals surface area (Å²) in [7, 11) is -3.56. The van der Waals surface area contributed by atoms with E-state index in [1.54, 1.807) is 19.1 Å². The van der Waals surface area contributed by atoms with Gasteiger partial charge in [-0.05, 0) is 12.0 Å². The van der Waals surface area contributed by atoms with Crippen molar-refractivity contribution in [3.63, 3.8) is 0 Å². The van der Waals surface area contributed by atoms with Crippen LogP contribution in [0.5, 0.6) is 0 Å². The summed E-state index contributed by atoms with van der Waals surface area (Å²) in [5.74, 6) is -0.0898. The summed E-state index contributed by atoms with van der Waals surface area (Å²) in [6, 6.07) is 9.03. The molecule has 5 nitrogen and oxygen atoms in total. The first-order valence-electron chi connectivity index (χ1n) is 5.24. The Morgan fingerprint density at radius 1 is 1.29 bits per heavy atom. The molecule has 1 N–H and O–H groups in total. The molecule has 0 aliphatic heterocycles. The first-order valence-corrected chi connectivity index (χ1v) is 6.90. The average molecular weight is 257 g/mol. The van der Waals surface area contributed by atoms with Crippen LogP contribution < -0.4 is 4.72 Å². The highest BCUT2D eigenvalue weighted by Crippen LogP contribution is 2.01. The molecule has 17 heavy (non-hydrogen) atoms. The van der Waals surface area contributed by atoms with E-state index < -0.39 is 16.1 Å². The van der Waals surface area contributed by atoms with Crippen LogP contribution in [0.2, 0.25) is 0 Å². The molecule has 94 valence electrons. The molecule has 6 heteroatoms. The number of rotatable bonds is 5. The molecule has 0 bridgehead atoms. The number of ether oxygens (including phenoxy) is 1. The van der Waals surface area contributed by atoms with E-state index in [1.807, 2.05) is 22.9 Å². The van der Waals surface area contributed by atoms with E-state index in [4.69, 9.17) is 4.74 Å². The number of sulfonamides is 1. The van der Waals surface area contributed by atoms with Crippen LogP contribution in [-0.4, -0.2) is 20.3 Å². The largest absolute Gasteiger partial charge is 0.444 e. The van der Waals surface area contributed by atoms with Gasteiger partial charge in [0.2, 0.25) is 10.0 Å². The van der Waals surface area contributed by atoms with Crippen molar-refractivity contribution in [3.05, 3.63) is 35.9 Å². The van der Waals surface area contributed by atoms with E-state index in [1.165, 1.54) is 0 Å². The maximum absolute atomic E-state index is 11.2. The Bertz CT molecular complexity index is 456. The van der Waals surface area contributed by atoms with Crippen LogP contribution in [0.25, 0.3) is 0 Å². The van der Waals surface area contributed by atoms with Crippen molar-refractivity contribution < 1.29 is 17.9 Å².